The van der Waals surface area contributed by atoms with E-state index in [4.69, 9.17) is 9.84 Å². The van der Waals surface area contributed by atoms with Gasteiger partial charge in [0.25, 0.3) is 0 Å². The van der Waals surface area contributed by atoms with Crippen molar-refractivity contribution in [2.24, 2.45) is 0 Å². The van der Waals surface area contributed by atoms with Crippen LogP contribution in [0.15, 0.2) is 24.3 Å². The highest BCUT2D eigenvalue weighted by atomic mass is 16.5. The summed E-state index contributed by atoms with van der Waals surface area (Å²) in [5.74, 6) is -0.709. The van der Waals surface area contributed by atoms with E-state index in [1.54, 1.807) is 0 Å². The van der Waals surface area contributed by atoms with Gasteiger partial charge in [-0.05, 0) is 64.2 Å². The van der Waals surface area contributed by atoms with E-state index >= 15 is 0 Å². The molecule has 0 aromatic heterocycles. The molecule has 270 valence electrons. The van der Waals surface area contributed by atoms with E-state index in [9.17, 15) is 14.7 Å². The third kappa shape index (κ3) is 35.2. The van der Waals surface area contributed by atoms with Crippen LogP contribution in [0.5, 0.6) is 0 Å². The number of esters is 1. The number of aliphatic hydroxyl groups excluding tert-OH is 1. The van der Waals surface area contributed by atoms with Crippen molar-refractivity contribution in [1.82, 2.24) is 0 Å². The van der Waals surface area contributed by atoms with Gasteiger partial charge < -0.3 is 14.9 Å². The second-order valence-electron chi connectivity index (χ2n) is 13.7. The van der Waals surface area contributed by atoms with Crippen molar-refractivity contribution in [3.8, 4) is 0 Å². The van der Waals surface area contributed by atoms with Gasteiger partial charge in [0.1, 0.15) is 6.10 Å². The highest BCUT2D eigenvalue weighted by Crippen LogP contribution is 2.16. The molecule has 0 amide bonds. The molecular weight excluding hydrogens is 572 g/mol. The Morgan fingerprint density at radius 3 is 1.52 bits per heavy atom. The van der Waals surface area contributed by atoms with Crippen LogP contribution in [0.2, 0.25) is 0 Å². The molecule has 0 fully saturated rings. The Kier molecular flexibility index (Phi) is 34.9. The minimum Gasteiger partial charge on any atom is -0.481 e. The number of carboxylic acids is 1. The maximum absolute atomic E-state index is 12.6. The summed E-state index contributed by atoms with van der Waals surface area (Å²) in [4.78, 5) is 23.1. The monoisotopic (exact) mass is 649 g/mol. The van der Waals surface area contributed by atoms with Crippen LogP contribution in [0.1, 0.15) is 213 Å². The Balaban J connectivity index is 3.88. The molecule has 0 bridgehead atoms. The van der Waals surface area contributed by atoms with E-state index in [-0.39, 0.29) is 18.2 Å². The fourth-order valence-electron chi connectivity index (χ4n) is 5.94. The summed E-state index contributed by atoms with van der Waals surface area (Å²) in [6.07, 6.45) is 42.4. The van der Waals surface area contributed by atoms with E-state index in [2.05, 4.69) is 38.2 Å². The van der Waals surface area contributed by atoms with Gasteiger partial charge in [0.05, 0.1) is 6.10 Å². The van der Waals surface area contributed by atoms with Crippen LogP contribution in [-0.4, -0.2) is 34.4 Å². The van der Waals surface area contributed by atoms with Crippen molar-refractivity contribution >= 4 is 11.9 Å². The normalized spacial score (nSPS) is 13.1. The molecule has 0 saturated carbocycles. The van der Waals surface area contributed by atoms with Crippen LogP contribution < -0.4 is 0 Å². The van der Waals surface area contributed by atoms with Crippen molar-refractivity contribution < 1.29 is 24.5 Å². The van der Waals surface area contributed by atoms with Crippen molar-refractivity contribution in [3.63, 3.8) is 0 Å². The lowest BCUT2D eigenvalue weighted by Gasteiger charge is -2.16. The van der Waals surface area contributed by atoms with Crippen LogP contribution in [0.4, 0.5) is 0 Å². The average Bonchev–Trinajstić information content (AvgIpc) is 3.03. The van der Waals surface area contributed by atoms with Crippen molar-refractivity contribution in [3.05, 3.63) is 24.3 Å². The second-order valence-corrected chi connectivity index (χ2v) is 13.7. The molecule has 0 aromatic carbocycles. The number of hydrogen-bond acceptors (Lipinski definition) is 4. The number of hydrogen-bond donors (Lipinski definition) is 2. The molecule has 0 heterocycles. The maximum atomic E-state index is 12.6. The first-order chi connectivity index (χ1) is 22.5. The van der Waals surface area contributed by atoms with Gasteiger partial charge in [-0.15, -0.1) is 0 Å². The number of ether oxygens (including phenoxy) is 1. The second kappa shape index (κ2) is 36.2. The van der Waals surface area contributed by atoms with E-state index in [1.807, 2.05) is 0 Å². The Hall–Kier alpha value is -1.62. The lowest BCUT2D eigenvalue weighted by Crippen LogP contribution is -2.17. The SMILES string of the molecule is CCCCCCC[C@@H](O)CC=CCCCCCCCCCC(=O)OC(CC=CCCCCCCCCCC(=O)O)CCCCCC. The third-order valence-corrected chi connectivity index (χ3v) is 8.97. The first-order valence-electron chi connectivity index (χ1n) is 19.9. The van der Waals surface area contributed by atoms with Gasteiger partial charge in [-0.1, -0.05) is 154 Å². The number of allylic oxidation sites excluding steroid dienone is 2. The van der Waals surface area contributed by atoms with Crippen LogP contribution in [0, 0.1) is 0 Å². The number of unbranched alkanes of at least 4 members (excludes halogenated alkanes) is 21. The Bertz CT molecular complexity index is 716. The van der Waals surface area contributed by atoms with Crippen LogP contribution in [-0.2, 0) is 14.3 Å². The number of rotatable bonds is 36. The molecule has 0 saturated heterocycles. The first-order valence-corrected chi connectivity index (χ1v) is 19.9. The molecule has 0 rings (SSSR count). The number of aliphatic hydroxyl groups is 1. The zero-order valence-electron chi connectivity index (χ0n) is 30.5. The molecule has 0 aliphatic carbocycles. The average molecular weight is 649 g/mol. The summed E-state index contributed by atoms with van der Waals surface area (Å²) in [5, 5.41) is 18.8. The molecule has 2 N–H and O–H groups in total. The number of carbonyl (C=O) groups excluding carboxylic acids is 1. The highest BCUT2D eigenvalue weighted by Gasteiger charge is 2.13. The summed E-state index contributed by atoms with van der Waals surface area (Å²) in [6, 6.07) is 0. The first kappa shape index (κ1) is 44.4. The maximum Gasteiger partial charge on any atom is 0.306 e. The summed E-state index contributed by atoms with van der Waals surface area (Å²) >= 11 is 0. The third-order valence-electron chi connectivity index (χ3n) is 8.97. The summed E-state index contributed by atoms with van der Waals surface area (Å²) in [7, 11) is 0. The topological polar surface area (TPSA) is 83.8 Å². The molecule has 0 aliphatic rings. The predicted molar refractivity (Wildman–Crippen MR) is 196 cm³/mol. The fourth-order valence-corrected chi connectivity index (χ4v) is 5.94. The number of carboxylic acid groups (broad SMARTS) is 1. The van der Waals surface area contributed by atoms with Gasteiger partial charge in [0.15, 0.2) is 0 Å². The van der Waals surface area contributed by atoms with Crippen LogP contribution in [0.25, 0.3) is 0 Å². The van der Waals surface area contributed by atoms with Gasteiger partial charge in [-0.25, -0.2) is 0 Å². The standard InChI is InChI=1S/C41H76O5/c1-3-5-7-21-26-32-38(42)33-27-22-17-13-9-12-16-20-25-31-37-41(45)46-39(34-28-8-6-4-2)35-29-23-18-14-10-11-15-19-24-30-36-40(43)44/h22-23,27,29,38-39,42H,3-21,24-26,28,30-37H2,1-2H3,(H,43,44)/t38-,39?/m1/s1. The molecule has 2 atom stereocenters. The molecule has 0 aliphatic heterocycles. The summed E-state index contributed by atoms with van der Waals surface area (Å²) < 4.78 is 5.93. The smallest absolute Gasteiger partial charge is 0.306 e. The van der Waals surface area contributed by atoms with Crippen LogP contribution in [0.3, 0.4) is 0 Å². The summed E-state index contributed by atoms with van der Waals surface area (Å²) in [5.41, 5.74) is 0. The van der Waals surface area contributed by atoms with E-state index < -0.39 is 5.97 Å². The Morgan fingerprint density at radius 2 is 0.957 bits per heavy atom. The van der Waals surface area contributed by atoms with E-state index in [1.165, 1.54) is 103 Å². The minimum atomic E-state index is -0.686. The zero-order chi connectivity index (χ0) is 33.8. The molecule has 46 heavy (non-hydrogen) atoms. The lowest BCUT2D eigenvalue weighted by atomic mass is 10.0. The molecule has 0 radical (unpaired) electrons. The highest BCUT2D eigenvalue weighted by molar-refractivity contribution is 5.69. The molecular formula is C41H76O5. The molecule has 0 aromatic rings. The van der Waals surface area contributed by atoms with Crippen LogP contribution >= 0.6 is 0 Å². The van der Waals surface area contributed by atoms with Gasteiger partial charge in [-0.3, -0.25) is 9.59 Å². The Morgan fingerprint density at radius 1 is 0.522 bits per heavy atom. The molecule has 5 heteroatoms. The zero-order valence-corrected chi connectivity index (χ0v) is 30.5. The number of carbonyl (C=O) groups is 2. The largest absolute Gasteiger partial charge is 0.481 e. The lowest BCUT2D eigenvalue weighted by molar-refractivity contribution is -0.149. The minimum absolute atomic E-state index is 0.0132. The van der Waals surface area contributed by atoms with Crippen molar-refractivity contribution in [2.45, 2.75) is 225 Å². The fraction of sp³-hybridized carbons (Fsp3) is 0.854. The predicted octanol–water partition coefficient (Wildman–Crippen LogP) is 12.6. The van der Waals surface area contributed by atoms with Gasteiger partial charge >= 0.3 is 11.9 Å². The quantitative estimate of drug-likeness (QED) is 0.0401. The van der Waals surface area contributed by atoms with Gasteiger partial charge in [0.2, 0.25) is 0 Å². The van der Waals surface area contributed by atoms with Gasteiger partial charge in [-0.2, -0.15) is 0 Å². The molecule has 1 unspecified atom stereocenters. The van der Waals surface area contributed by atoms with E-state index in [0.717, 1.165) is 83.5 Å². The van der Waals surface area contributed by atoms with Crippen molar-refractivity contribution in [1.29, 1.82) is 0 Å². The molecule has 5 nitrogen and oxygen atoms in total. The van der Waals surface area contributed by atoms with Crippen molar-refractivity contribution in [2.75, 3.05) is 0 Å². The van der Waals surface area contributed by atoms with E-state index in [0.29, 0.717) is 12.8 Å². The summed E-state index contributed by atoms with van der Waals surface area (Å²) in [6.45, 7) is 4.46. The Labute approximate surface area is 285 Å². The molecule has 0 spiro atoms. The van der Waals surface area contributed by atoms with Gasteiger partial charge in [0, 0.05) is 19.3 Å². The number of aliphatic carboxylic acids is 1.